The fourth-order valence-corrected chi connectivity index (χ4v) is 4.02. The minimum Gasteiger partial charge on any atom is -0.481 e. The molecule has 0 heterocycles. The van der Waals surface area contributed by atoms with Crippen LogP contribution in [-0.4, -0.2) is 46.6 Å². The third kappa shape index (κ3) is 10.6. The number of carbonyl (C=O) groups is 4. The number of amides is 1. The quantitative estimate of drug-likeness (QED) is 0.423. The van der Waals surface area contributed by atoms with Gasteiger partial charge >= 0.3 is 5.97 Å². The van der Waals surface area contributed by atoms with Gasteiger partial charge in [0.05, 0.1) is 12.0 Å². The third-order valence-electron chi connectivity index (χ3n) is 5.11. The summed E-state index contributed by atoms with van der Waals surface area (Å²) in [5, 5.41) is 12.5. The first-order valence-corrected chi connectivity index (χ1v) is 12.1. The molecule has 0 saturated heterocycles. The summed E-state index contributed by atoms with van der Waals surface area (Å²) in [7, 11) is 0. The van der Waals surface area contributed by atoms with Crippen LogP contribution in [0.3, 0.4) is 0 Å². The highest BCUT2D eigenvalue weighted by Crippen LogP contribution is 2.19. The second-order valence-electron chi connectivity index (χ2n) is 8.47. The van der Waals surface area contributed by atoms with Gasteiger partial charge in [0.1, 0.15) is 5.78 Å². The van der Waals surface area contributed by atoms with Gasteiger partial charge in [0.15, 0.2) is 5.78 Å². The molecule has 31 heavy (non-hydrogen) atoms. The SMILES string of the molecule is CSCC[C@H](CC(C)=O)C(=O)N[C@@H](CC(C)C)C(=O)C[C@@H](Cc1ccccc1)C(=O)O. The lowest BCUT2D eigenvalue weighted by molar-refractivity contribution is -0.144. The molecule has 0 aromatic heterocycles. The van der Waals surface area contributed by atoms with Crippen LogP contribution in [0.15, 0.2) is 30.3 Å². The van der Waals surface area contributed by atoms with E-state index in [4.69, 9.17) is 0 Å². The number of benzene rings is 1. The predicted octanol–water partition coefficient (Wildman–Crippen LogP) is 3.77. The molecule has 0 aliphatic rings. The van der Waals surface area contributed by atoms with E-state index in [0.29, 0.717) is 12.8 Å². The van der Waals surface area contributed by atoms with Gasteiger partial charge in [-0.05, 0) is 49.7 Å². The van der Waals surface area contributed by atoms with Crippen LogP contribution in [0.2, 0.25) is 0 Å². The summed E-state index contributed by atoms with van der Waals surface area (Å²) in [6.45, 7) is 5.36. The molecule has 0 bridgehead atoms. The summed E-state index contributed by atoms with van der Waals surface area (Å²) < 4.78 is 0. The molecule has 2 N–H and O–H groups in total. The molecular weight excluding hydrogens is 414 g/mol. The Morgan fingerprint density at radius 2 is 1.68 bits per heavy atom. The van der Waals surface area contributed by atoms with Gasteiger partial charge in [0, 0.05) is 18.8 Å². The van der Waals surface area contributed by atoms with Crippen molar-refractivity contribution >= 4 is 35.2 Å². The summed E-state index contributed by atoms with van der Waals surface area (Å²) in [6.07, 6.45) is 3.17. The molecule has 1 rings (SSSR count). The van der Waals surface area contributed by atoms with Gasteiger partial charge in [-0.15, -0.1) is 0 Å². The van der Waals surface area contributed by atoms with Gasteiger partial charge in [-0.1, -0.05) is 44.2 Å². The van der Waals surface area contributed by atoms with Gasteiger partial charge in [-0.3, -0.25) is 14.4 Å². The van der Waals surface area contributed by atoms with Crippen molar-refractivity contribution in [2.24, 2.45) is 17.8 Å². The maximum absolute atomic E-state index is 13.0. The molecule has 0 aliphatic heterocycles. The van der Waals surface area contributed by atoms with Crippen molar-refractivity contribution < 1.29 is 24.3 Å². The van der Waals surface area contributed by atoms with E-state index in [1.165, 1.54) is 6.92 Å². The molecule has 7 heteroatoms. The smallest absolute Gasteiger partial charge is 0.307 e. The molecule has 172 valence electrons. The van der Waals surface area contributed by atoms with E-state index in [1.807, 2.05) is 50.4 Å². The molecule has 0 aliphatic carbocycles. The number of carboxylic acid groups (broad SMARTS) is 1. The van der Waals surface area contributed by atoms with Gasteiger partial charge in [-0.25, -0.2) is 0 Å². The highest BCUT2D eigenvalue weighted by Gasteiger charge is 2.30. The average Bonchev–Trinajstić information content (AvgIpc) is 2.70. The van der Waals surface area contributed by atoms with Gasteiger partial charge in [0.2, 0.25) is 5.91 Å². The minimum absolute atomic E-state index is 0.0678. The van der Waals surface area contributed by atoms with Crippen molar-refractivity contribution in [3.8, 4) is 0 Å². The molecule has 3 atom stereocenters. The highest BCUT2D eigenvalue weighted by atomic mass is 32.2. The Bertz CT molecular complexity index is 735. The molecule has 0 radical (unpaired) electrons. The molecule has 1 aromatic carbocycles. The van der Waals surface area contributed by atoms with Crippen LogP contribution < -0.4 is 5.32 Å². The minimum atomic E-state index is -1.03. The molecule has 0 fully saturated rings. The maximum atomic E-state index is 13.0. The van der Waals surface area contributed by atoms with Crippen LogP contribution in [0.5, 0.6) is 0 Å². The number of carbonyl (C=O) groups excluding carboxylic acids is 3. The summed E-state index contributed by atoms with van der Waals surface area (Å²) in [4.78, 5) is 49.2. The Hall–Kier alpha value is -2.15. The van der Waals surface area contributed by atoms with Crippen LogP contribution in [0, 0.1) is 17.8 Å². The highest BCUT2D eigenvalue weighted by molar-refractivity contribution is 7.98. The van der Waals surface area contributed by atoms with Crippen LogP contribution >= 0.6 is 11.8 Å². The lowest BCUT2D eigenvalue weighted by atomic mass is 9.89. The zero-order valence-corrected chi connectivity index (χ0v) is 19.7. The zero-order valence-electron chi connectivity index (χ0n) is 18.9. The van der Waals surface area contributed by atoms with Crippen LogP contribution in [0.1, 0.15) is 52.0 Å². The summed E-state index contributed by atoms with van der Waals surface area (Å²) in [6, 6.07) is 8.45. The number of thioether (sulfide) groups is 1. The first-order valence-electron chi connectivity index (χ1n) is 10.7. The van der Waals surface area contributed by atoms with Crippen molar-refractivity contribution in [1.29, 1.82) is 0 Å². The van der Waals surface area contributed by atoms with Gasteiger partial charge < -0.3 is 15.2 Å². The lowest BCUT2D eigenvalue weighted by Crippen LogP contribution is -2.45. The number of ketones is 2. The van der Waals surface area contributed by atoms with E-state index in [0.717, 1.165) is 11.3 Å². The Labute approximate surface area is 189 Å². The molecular formula is C24H35NO5S. The Kier molecular flexibility index (Phi) is 12.2. The van der Waals surface area contributed by atoms with E-state index < -0.39 is 23.8 Å². The molecule has 0 spiro atoms. The Morgan fingerprint density at radius 3 is 2.19 bits per heavy atom. The molecule has 6 nitrogen and oxygen atoms in total. The average molecular weight is 450 g/mol. The molecule has 1 amide bonds. The third-order valence-corrected chi connectivity index (χ3v) is 5.75. The summed E-state index contributed by atoms with van der Waals surface area (Å²) in [5.41, 5.74) is 0.853. The second-order valence-corrected chi connectivity index (χ2v) is 9.46. The number of carboxylic acids is 1. The first-order chi connectivity index (χ1) is 14.6. The number of nitrogens with one attached hydrogen (secondary N) is 1. The van der Waals surface area contributed by atoms with Crippen LogP contribution in [0.4, 0.5) is 0 Å². The number of hydrogen-bond donors (Lipinski definition) is 2. The van der Waals surface area contributed by atoms with Gasteiger partial charge in [-0.2, -0.15) is 11.8 Å². The van der Waals surface area contributed by atoms with E-state index in [-0.39, 0.29) is 42.7 Å². The number of hydrogen-bond acceptors (Lipinski definition) is 5. The number of Topliss-reactive ketones (excluding diaryl/α,β-unsaturated/α-hetero) is 2. The molecule has 0 saturated carbocycles. The summed E-state index contributed by atoms with van der Waals surface area (Å²) in [5.74, 6) is -2.13. The second kappa shape index (κ2) is 14.0. The number of aliphatic carboxylic acids is 1. The lowest BCUT2D eigenvalue weighted by Gasteiger charge is -2.24. The van der Waals surface area contributed by atoms with Crippen LogP contribution in [-0.2, 0) is 25.6 Å². The zero-order chi connectivity index (χ0) is 23.4. The predicted molar refractivity (Wildman–Crippen MR) is 124 cm³/mol. The van der Waals surface area contributed by atoms with Crippen molar-refractivity contribution in [2.45, 2.75) is 58.9 Å². The van der Waals surface area contributed by atoms with Gasteiger partial charge in [0.25, 0.3) is 0 Å². The Morgan fingerprint density at radius 1 is 1.03 bits per heavy atom. The monoisotopic (exact) mass is 449 g/mol. The largest absolute Gasteiger partial charge is 0.481 e. The van der Waals surface area contributed by atoms with Crippen LogP contribution in [0.25, 0.3) is 0 Å². The molecule has 1 aromatic rings. The van der Waals surface area contributed by atoms with Crippen molar-refractivity contribution in [2.75, 3.05) is 12.0 Å². The van der Waals surface area contributed by atoms with Crippen molar-refractivity contribution in [1.82, 2.24) is 5.32 Å². The topological polar surface area (TPSA) is 101 Å². The van der Waals surface area contributed by atoms with E-state index >= 15 is 0 Å². The fourth-order valence-electron chi connectivity index (χ4n) is 3.50. The van der Waals surface area contributed by atoms with E-state index in [2.05, 4.69) is 5.32 Å². The normalized spacial score (nSPS) is 14.0. The maximum Gasteiger partial charge on any atom is 0.307 e. The van der Waals surface area contributed by atoms with E-state index in [9.17, 15) is 24.3 Å². The summed E-state index contributed by atoms with van der Waals surface area (Å²) >= 11 is 1.60. The van der Waals surface area contributed by atoms with Crippen molar-refractivity contribution in [3.63, 3.8) is 0 Å². The standard InChI is InChI=1S/C24H35NO5S/c1-16(2)12-21(25-23(28)19(10-11-31-4)13-17(3)26)22(27)15-20(24(29)30)14-18-8-6-5-7-9-18/h5-9,16,19-21H,10-15H2,1-4H3,(H,25,28)(H,29,30)/t19-,20-,21+/m1/s1. The molecule has 0 unspecified atom stereocenters. The Balaban J connectivity index is 2.91. The fraction of sp³-hybridized carbons (Fsp3) is 0.583. The van der Waals surface area contributed by atoms with E-state index in [1.54, 1.807) is 11.8 Å². The number of rotatable bonds is 15. The van der Waals surface area contributed by atoms with Crippen molar-refractivity contribution in [3.05, 3.63) is 35.9 Å². The first kappa shape index (κ1) is 26.9.